The first kappa shape index (κ1) is 23.8. The second-order valence-electron chi connectivity index (χ2n) is 6.05. The fourth-order valence-electron chi connectivity index (χ4n) is 2.38. The van der Waals surface area contributed by atoms with Crippen LogP contribution in [0.15, 0.2) is 0 Å². The number of aliphatic carboxylic acids is 2. The molecule has 0 aromatic rings. The number of carbonyl (C=O) groups is 2. The molecule has 0 heterocycles. The van der Waals surface area contributed by atoms with Crippen molar-refractivity contribution >= 4 is 11.9 Å². The van der Waals surface area contributed by atoms with E-state index in [1.807, 2.05) is 13.8 Å². The van der Waals surface area contributed by atoms with Gasteiger partial charge in [-0.05, 0) is 32.6 Å². The van der Waals surface area contributed by atoms with Gasteiger partial charge in [-0.25, -0.2) is 0 Å². The van der Waals surface area contributed by atoms with E-state index in [1.54, 1.807) is 6.92 Å². The average molecular weight is 362 g/mol. The molecule has 25 heavy (non-hydrogen) atoms. The monoisotopic (exact) mass is 362 g/mol. The van der Waals surface area contributed by atoms with Crippen molar-refractivity contribution in [3.05, 3.63) is 0 Å². The van der Waals surface area contributed by atoms with Crippen LogP contribution >= 0.6 is 0 Å². The van der Waals surface area contributed by atoms with E-state index < -0.39 is 23.8 Å². The third-order valence-corrected chi connectivity index (χ3v) is 3.79. The quantitative estimate of drug-likeness (QED) is 0.301. The van der Waals surface area contributed by atoms with Crippen molar-refractivity contribution < 1.29 is 34.0 Å². The molecule has 7 nitrogen and oxygen atoms in total. The molecule has 0 rings (SSSR count). The van der Waals surface area contributed by atoms with Crippen molar-refractivity contribution in [3.8, 4) is 0 Å². The van der Waals surface area contributed by atoms with Crippen LogP contribution in [0.4, 0.5) is 0 Å². The maximum Gasteiger partial charge on any atom is 0.306 e. The van der Waals surface area contributed by atoms with E-state index in [4.69, 9.17) is 19.3 Å². The van der Waals surface area contributed by atoms with Crippen LogP contribution in [0.25, 0.3) is 0 Å². The number of unbranched alkanes of at least 4 members (excludes halogenated alkanes) is 2. The molecule has 7 heteroatoms. The molecular formula is C18H34O7. The molecule has 0 saturated carbocycles. The zero-order valence-electron chi connectivity index (χ0n) is 15.8. The van der Waals surface area contributed by atoms with Gasteiger partial charge in [0.25, 0.3) is 5.97 Å². The van der Waals surface area contributed by atoms with Crippen molar-refractivity contribution in [3.63, 3.8) is 0 Å². The Hall–Kier alpha value is -1.18. The van der Waals surface area contributed by atoms with E-state index in [1.165, 1.54) is 0 Å². The molecule has 1 atom stereocenters. The largest absolute Gasteiger partial charge is 0.481 e. The standard InChI is InChI=1S/C18H34O7/c1-4-7-12-24-18(23-6-3,25-13-8-5-2)14-15(17(21)22)10-9-11-16(19)20/h15H,4-14H2,1-3H3,(H,19,20)(H,21,22). The Bertz CT molecular complexity index is 360. The van der Waals surface area contributed by atoms with Gasteiger partial charge in [-0.15, -0.1) is 0 Å². The molecule has 0 fully saturated rings. The topological polar surface area (TPSA) is 102 Å². The predicted molar refractivity (Wildman–Crippen MR) is 93.3 cm³/mol. The van der Waals surface area contributed by atoms with Gasteiger partial charge in [0, 0.05) is 19.4 Å². The Morgan fingerprint density at radius 3 is 1.88 bits per heavy atom. The summed E-state index contributed by atoms with van der Waals surface area (Å²) >= 11 is 0. The van der Waals surface area contributed by atoms with Crippen molar-refractivity contribution in [2.45, 2.75) is 78.1 Å². The highest BCUT2D eigenvalue weighted by atomic mass is 16.9. The maximum absolute atomic E-state index is 11.6. The summed E-state index contributed by atoms with van der Waals surface area (Å²) in [5.74, 6) is -4.09. The molecule has 2 N–H and O–H groups in total. The molecule has 0 amide bonds. The molecule has 0 radical (unpaired) electrons. The minimum atomic E-state index is -1.38. The number of rotatable bonds is 17. The van der Waals surface area contributed by atoms with E-state index in [-0.39, 0.29) is 19.3 Å². The minimum absolute atomic E-state index is 0.0449. The van der Waals surface area contributed by atoms with E-state index in [0.717, 1.165) is 25.7 Å². The Balaban J connectivity index is 5.05. The summed E-state index contributed by atoms with van der Waals surface area (Å²) in [6.07, 6.45) is 4.05. The first-order valence-corrected chi connectivity index (χ1v) is 9.27. The molecule has 0 aliphatic heterocycles. The Morgan fingerprint density at radius 1 is 0.920 bits per heavy atom. The van der Waals surface area contributed by atoms with Crippen LogP contribution in [0.1, 0.15) is 72.1 Å². The van der Waals surface area contributed by atoms with Gasteiger partial charge in [0.2, 0.25) is 0 Å². The molecule has 0 aliphatic rings. The smallest absolute Gasteiger partial charge is 0.306 e. The predicted octanol–water partition coefficient (Wildman–Crippen LogP) is 3.66. The molecule has 0 bridgehead atoms. The average Bonchev–Trinajstić information content (AvgIpc) is 2.54. The van der Waals surface area contributed by atoms with E-state index >= 15 is 0 Å². The Kier molecular flexibility index (Phi) is 13.4. The first-order valence-electron chi connectivity index (χ1n) is 9.27. The second kappa shape index (κ2) is 14.0. The van der Waals surface area contributed by atoms with Crippen LogP contribution in [0.5, 0.6) is 0 Å². The lowest BCUT2D eigenvalue weighted by Crippen LogP contribution is -2.43. The van der Waals surface area contributed by atoms with Gasteiger partial charge in [-0.3, -0.25) is 9.59 Å². The molecule has 0 spiro atoms. The summed E-state index contributed by atoms with van der Waals surface area (Å²) in [5, 5.41) is 18.2. The third kappa shape index (κ3) is 11.1. The van der Waals surface area contributed by atoms with E-state index in [2.05, 4.69) is 0 Å². The lowest BCUT2D eigenvalue weighted by Gasteiger charge is -2.35. The third-order valence-electron chi connectivity index (χ3n) is 3.79. The van der Waals surface area contributed by atoms with E-state index in [9.17, 15) is 14.7 Å². The van der Waals surface area contributed by atoms with Crippen molar-refractivity contribution in [1.29, 1.82) is 0 Å². The van der Waals surface area contributed by atoms with Crippen molar-refractivity contribution in [2.75, 3.05) is 19.8 Å². The highest BCUT2D eigenvalue weighted by Gasteiger charge is 2.38. The van der Waals surface area contributed by atoms with Crippen LogP contribution in [0.3, 0.4) is 0 Å². The van der Waals surface area contributed by atoms with Gasteiger partial charge in [-0.2, -0.15) is 0 Å². The van der Waals surface area contributed by atoms with Crippen LogP contribution in [-0.2, 0) is 23.8 Å². The molecular weight excluding hydrogens is 328 g/mol. The first-order chi connectivity index (χ1) is 11.9. The number of carboxylic acid groups (broad SMARTS) is 2. The van der Waals surface area contributed by atoms with Gasteiger partial charge >= 0.3 is 11.9 Å². The van der Waals surface area contributed by atoms with Gasteiger partial charge < -0.3 is 24.4 Å². The van der Waals surface area contributed by atoms with Gasteiger partial charge in [0.15, 0.2) is 0 Å². The van der Waals surface area contributed by atoms with Crippen LogP contribution in [-0.4, -0.2) is 47.9 Å². The molecule has 0 aliphatic carbocycles. The summed E-state index contributed by atoms with van der Waals surface area (Å²) < 4.78 is 17.4. The lowest BCUT2D eigenvalue weighted by atomic mass is 9.97. The number of hydrogen-bond donors (Lipinski definition) is 2. The van der Waals surface area contributed by atoms with E-state index in [0.29, 0.717) is 26.2 Å². The summed E-state index contributed by atoms with van der Waals surface area (Å²) in [7, 11) is 0. The highest BCUT2D eigenvalue weighted by molar-refractivity contribution is 5.70. The van der Waals surface area contributed by atoms with Crippen molar-refractivity contribution in [2.24, 2.45) is 5.92 Å². The minimum Gasteiger partial charge on any atom is -0.481 e. The summed E-state index contributed by atoms with van der Waals surface area (Å²) in [5.41, 5.74) is 0. The zero-order chi connectivity index (χ0) is 19.1. The lowest BCUT2D eigenvalue weighted by molar-refractivity contribution is -0.386. The number of hydrogen-bond acceptors (Lipinski definition) is 5. The fourth-order valence-corrected chi connectivity index (χ4v) is 2.38. The summed E-state index contributed by atoms with van der Waals surface area (Å²) in [4.78, 5) is 22.3. The number of ether oxygens (including phenoxy) is 3. The van der Waals surface area contributed by atoms with Crippen LogP contribution in [0.2, 0.25) is 0 Å². The Labute approximate surface area is 150 Å². The molecule has 0 saturated heterocycles. The normalized spacial score (nSPS) is 12.9. The summed E-state index contributed by atoms with van der Waals surface area (Å²) in [6, 6.07) is 0. The fraction of sp³-hybridized carbons (Fsp3) is 0.889. The SMILES string of the molecule is CCCCOC(CC(CCCC(=O)O)C(=O)O)(OCC)OCCCC. The summed E-state index contributed by atoms with van der Waals surface area (Å²) in [6.45, 7) is 7.06. The van der Waals surface area contributed by atoms with Crippen LogP contribution < -0.4 is 0 Å². The highest BCUT2D eigenvalue weighted by Crippen LogP contribution is 2.29. The maximum atomic E-state index is 11.6. The molecule has 0 aromatic carbocycles. The second-order valence-corrected chi connectivity index (χ2v) is 6.05. The van der Waals surface area contributed by atoms with Gasteiger partial charge in [0.05, 0.1) is 19.1 Å². The van der Waals surface area contributed by atoms with Gasteiger partial charge in [-0.1, -0.05) is 26.7 Å². The molecule has 1 unspecified atom stereocenters. The van der Waals surface area contributed by atoms with Crippen molar-refractivity contribution in [1.82, 2.24) is 0 Å². The molecule has 0 aromatic heterocycles. The molecule has 148 valence electrons. The zero-order valence-corrected chi connectivity index (χ0v) is 15.8. The van der Waals surface area contributed by atoms with Gasteiger partial charge in [0.1, 0.15) is 0 Å². The number of carboxylic acids is 2. The van der Waals surface area contributed by atoms with Crippen LogP contribution in [0, 0.1) is 5.92 Å². The Morgan fingerprint density at radius 2 is 1.48 bits per heavy atom.